The molecule has 0 bridgehead atoms. The lowest BCUT2D eigenvalue weighted by atomic mass is 10.3. The van der Waals surface area contributed by atoms with Crippen LogP contribution in [-0.2, 0) is 17.7 Å². The van der Waals surface area contributed by atoms with E-state index in [-0.39, 0.29) is 5.82 Å². The Hall–Kier alpha value is -1.50. The number of aromatic nitrogens is 2. The minimum atomic E-state index is -0.250. The molecule has 0 atom stereocenters. The van der Waals surface area contributed by atoms with Crippen LogP contribution < -0.4 is 5.73 Å². The van der Waals surface area contributed by atoms with E-state index in [9.17, 15) is 4.39 Å². The second kappa shape index (κ2) is 6.51. The second-order valence-corrected chi connectivity index (χ2v) is 5.31. The highest BCUT2D eigenvalue weighted by Gasteiger charge is 2.14. The number of benzene rings is 1. The molecule has 0 spiro atoms. The van der Waals surface area contributed by atoms with Crippen LogP contribution in [0.2, 0.25) is 0 Å². The van der Waals surface area contributed by atoms with Gasteiger partial charge >= 0.3 is 0 Å². The lowest BCUT2D eigenvalue weighted by Crippen LogP contribution is -2.38. The Balaban J connectivity index is 1.82. The number of fused-ring (bicyclic) bond motifs is 1. The molecule has 1 fully saturated rings. The lowest BCUT2D eigenvalue weighted by Gasteiger charge is -2.27. The average Bonchev–Trinajstić information content (AvgIpc) is 2.83. The first-order valence-corrected chi connectivity index (χ1v) is 7.43. The number of nitrogens with two attached hydrogens (primary N) is 1. The second-order valence-electron chi connectivity index (χ2n) is 5.31. The van der Waals surface area contributed by atoms with Crippen molar-refractivity contribution in [3.05, 3.63) is 29.8 Å². The normalized spacial score (nSPS) is 16.7. The van der Waals surface area contributed by atoms with E-state index in [0.29, 0.717) is 18.5 Å². The van der Waals surface area contributed by atoms with Crippen molar-refractivity contribution >= 4 is 11.0 Å². The van der Waals surface area contributed by atoms with Crippen LogP contribution in [0.5, 0.6) is 0 Å². The summed E-state index contributed by atoms with van der Waals surface area (Å²) in [7, 11) is 0. The molecule has 1 aliphatic rings. The summed E-state index contributed by atoms with van der Waals surface area (Å²) in [5.74, 6) is 0.686. The molecule has 1 aromatic carbocycles. The minimum Gasteiger partial charge on any atom is -0.379 e. The van der Waals surface area contributed by atoms with Crippen molar-refractivity contribution in [2.45, 2.75) is 13.0 Å². The van der Waals surface area contributed by atoms with Gasteiger partial charge in [0.25, 0.3) is 0 Å². The number of nitrogens with zero attached hydrogens (tertiary/aromatic N) is 3. The molecule has 5 nitrogen and oxygen atoms in total. The predicted molar refractivity (Wildman–Crippen MR) is 79.7 cm³/mol. The molecule has 1 aliphatic heterocycles. The molecule has 21 heavy (non-hydrogen) atoms. The SMILES string of the molecule is NCCc1nc2cc(F)ccc2n1CCN1CCOCC1. The van der Waals surface area contributed by atoms with Gasteiger partial charge in [0.05, 0.1) is 24.2 Å². The van der Waals surface area contributed by atoms with Gasteiger partial charge in [0.1, 0.15) is 11.6 Å². The molecule has 6 heteroatoms. The van der Waals surface area contributed by atoms with Gasteiger partial charge in [-0.1, -0.05) is 0 Å². The van der Waals surface area contributed by atoms with Gasteiger partial charge in [0.15, 0.2) is 0 Å². The van der Waals surface area contributed by atoms with E-state index in [1.807, 2.05) is 0 Å². The fourth-order valence-corrected chi connectivity index (χ4v) is 2.79. The number of halogens is 1. The summed E-state index contributed by atoms with van der Waals surface area (Å²) in [6.45, 7) is 5.86. The fourth-order valence-electron chi connectivity index (χ4n) is 2.79. The average molecular weight is 292 g/mol. The van der Waals surface area contributed by atoms with Crippen molar-refractivity contribution in [3.8, 4) is 0 Å². The summed E-state index contributed by atoms with van der Waals surface area (Å²) in [5, 5.41) is 0. The Morgan fingerprint density at radius 3 is 2.81 bits per heavy atom. The zero-order valence-corrected chi connectivity index (χ0v) is 12.1. The number of hydrogen-bond donors (Lipinski definition) is 1. The molecule has 0 saturated carbocycles. The number of imidazole rings is 1. The van der Waals surface area contributed by atoms with Crippen molar-refractivity contribution in [1.82, 2.24) is 14.5 Å². The van der Waals surface area contributed by atoms with Crippen LogP contribution in [-0.4, -0.2) is 53.8 Å². The molecule has 1 aromatic heterocycles. The highest BCUT2D eigenvalue weighted by atomic mass is 19.1. The molecule has 0 amide bonds. The van der Waals surface area contributed by atoms with Crippen LogP contribution in [0.25, 0.3) is 11.0 Å². The monoisotopic (exact) mass is 292 g/mol. The maximum absolute atomic E-state index is 13.3. The molecule has 2 aromatic rings. The quantitative estimate of drug-likeness (QED) is 0.893. The summed E-state index contributed by atoms with van der Waals surface area (Å²) in [4.78, 5) is 6.91. The van der Waals surface area contributed by atoms with Crippen molar-refractivity contribution in [1.29, 1.82) is 0 Å². The molecular weight excluding hydrogens is 271 g/mol. The van der Waals surface area contributed by atoms with E-state index in [1.165, 1.54) is 12.1 Å². The van der Waals surface area contributed by atoms with Crippen LogP contribution in [0.1, 0.15) is 5.82 Å². The first-order chi connectivity index (χ1) is 10.3. The number of hydrogen-bond acceptors (Lipinski definition) is 4. The van der Waals surface area contributed by atoms with Gasteiger partial charge in [-0.25, -0.2) is 9.37 Å². The third kappa shape index (κ3) is 3.23. The Bertz CT molecular complexity index is 607. The molecule has 114 valence electrons. The van der Waals surface area contributed by atoms with E-state index in [2.05, 4.69) is 14.5 Å². The first-order valence-electron chi connectivity index (χ1n) is 7.43. The van der Waals surface area contributed by atoms with Gasteiger partial charge in [-0.05, 0) is 18.7 Å². The zero-order valence-electron chi connectivity index (χ0n) is 12.1. The summed E-state index contributed by atoms with van der Waals surface area (Å²) in [5.41, 5.74) is 7.35. The molecule has 0 unspecified atom stereocenters. The molecule has 0 radical (unpaired) electrons. The van der Waals surface area contributed by atoms with Crippen LogP contribution >= 0.6 is 0 Å². The summed E-state index contributed by atoms with van der Waals surface area (Å²) in [6.07, 6.45) is 0.708. The highest BCUT2D eigenvalue weighted by Crippen LogP contribution is 2.18. The summed E-state index contributed by atoms with van der Waals surface area (Å²) < 4.78 is 20.9. The topological polar surface area (TPSA) is 56.3 Å². The van der Waals surface area contributed by atoms with Gasteiger partial charge in [-0.2, -0.15) is 0 Å². The van der Waals surface area contributed by atoms with Crippen LogP contribution in [0.4, 0.5) is 4.39 Å². The Morgan fingerprint density at radius 2 is 2.05 bits per heavy atom. The van der Waals surface area contributed by atoms with E-state index in [1.54, 1.807) is 6.07 Å². The van der Waals surface area contributed by atoms with E-state index < -0.39 is 0 Å². The number of ether oxygens (including phenoxy) is 1. The Labute approximate surface area is 123 Å². The van der Waals surface area contributed by atoms with Crippen molar-refractivity contribution in [2.75, 3.05) is 39.4 Å². The van der Waals surface area contributed by atoms with Crippen LogP contribution in [0.3, 0.4) is 0 Å². The molecule has 3 rings (SSSR count). The molecule has 0 aliphatic carbocycles. The number of rotatable bonds is 5. The highest BCUT2D eigenvalue weighted by molar-refractivity contribution is 5.76. The molecular formula is C15H21FN4O. The van der Waals surface area contributed by atoms with Gasteiger partial charge in [0, 0.05) is 38.7 Å². The fraction of sp³-hybridized carbons (Fsp3) is 0.533. The number of morpholine rings is 1. The van der Waals surface area contributed by atoms with E-state index in [4.69, 9.17) is 10.5 Å². The molecule has 1 saturated heterocycles. The van der Waals surface area contributed by atoms with Crippen molar-refractivity contribution < 1.29 is 9.13 Å². The van der Waals surface area contributed by atoms with Gasteiger partial charge in [-0.3, -0.25) is 4.90 Å². The summed E-state index contributed by atoms with van der Waals surface area (Å²) >= 11 is 0. The van der Waals surface area contributed by atoms with Crippen LogP contribution in [0, 0.1) is 5.82 Å². The Kier molecular flexibility index (Phi) is 4.48. The molecule has 2 N–H and O–H groups in total. The van der Waals surface area contributed by atoms with E-state index >= 15 is 0 Å². The van der Waals surface area contributed by atoms with Crippen molar-refractivity contribution in [3.63, 3.8) is 0 Å². The van der Waals surface area contributed by atoms with E-state index in [0.717, 1.165) is 50.7 Å². The smallest absolute Gasteiger partial charge is 0.125 e. The van der Waals surface area contributed by atoms with Gasteiger partial charge in [-0.15, -0.1) is 0 Å². The largest absolute Gasteiger partial charge is 0.379 e. The van der Waals surface area contributed by atoms with Gasteiger partial charge in [0.2, 0.25) is 0 Å². The van der Waals surface area contributed by atoms with Crippen molar-refractivity contribution in [2.24, 2.45) is 5.73 Å². The summed E-state index contributed by atoms with van der Waals surface area (Å²) in [6, 6.07) is 4.78. The third-order valence-electron chi connectivity index (χ3n) is 3.90. The predicted octanol–water partition coefficient (Wildman–Crippen LogP) is 1.01. The van der Waals surface area contributed by atoms with Gasteiger partial charge < -0.3 is 15.0 Å². The minimum absolute atomic E-state index is 0.250. The maximum atomic E-state index is 13.3. The first kappa shape index (κ1) is 14.4. The zero-order chi connectivity index (χ0) is 14.7. The maximum Gasteiger partial charge on any atom is 0.125 e. The van der Waals surface area contributed by atoms with Crippen LogP contribution in [0.15, 0.2) is 18.2 Å². The lowest BCUT2D eigenvalue weighted by molar-refractivity contribution is 0.0364. The Morgan fingerprint density at radius 1 is 1.24 bits per heavy atom. The third-order valence-corrected chi connectivity index (χ3v) is 3.90. The molecule has 2 heterocycles. The standard InChI is InChI=1S/C15H21FN4O/c16-12-1-2-14-13(11-12)18-15(3-4-17)20(14)6-5-19-7-9-21-10-8-19/h1-2,11H,3-10,17H2.